The molecule has 71 heavy (non-hydrogen) atoms. The van der Waals surface area contributed by atoms with E-state index in [0.717, 1.165) is 93.4 Å². The summed E-state index contributed by atoms with van der Waals surface area (Å²) in [6.07, 6.45) is 11.8. The molecule has 2 atom stereocenters. The van der Waals surface area contributed by atoms with Crippen molar-refractivity contribution in [1.29, 1.82) is 0 Å². The van der Waals surface area contributed by atoms with Gasteiger partial charge >= 0.3 is 0 Å². The van der Waals surface area contributed by atoms with Crippen LogP contribution in [-0.2, 0) is 24.8 Å². The van der Waals surface area contributed by atoms with Crippen LogP contribution in [0.15, 0.2) is 60.7 Å². The monoisotopic (exact) mass is 1090 g/mol. The number of rotatable bonds is 10. The summed E-state index contributed by atoms with van der Waals surface area (Å²) in [5.74, 6) is 0.861. The zero-order valence-corrected chi connectivity index (χ0v) is 43.7. The molecule has 0 spiro atoms. The summed E-state index contributed by atoms with van der Waals surface area (Å²) in [6.45, 7) is 3.95. The number of ether oxygens (including phenoxy) is 1. The summed E-state index contributed by atoms with van der Waals surface area (Å²) < 4.78 is 61.4. The van der Waals surface area contributed by atoms with Gasteiger partial charge in [0.05, 0.1) is 71.7 Å². The Bertz CT molecular complexity index is 3220. The van der Waals surface area contributed by atoms with Gasteiger partial charge in [0.25, 0.3) is 11.8 Å². The number of likely N-dealkylation sites (tertiary alicyclic amines) is 2. The molecule has 2 N–H and O–H groups in total. The van der Waals surface area contributed by atoms with E-state index < -0.39 is 20.0 Å². The Morgan fingerprint density at radius 3 is 1.61 bits per heavy atom. The molecule has 4 aromatic heterocycles. The van der Waals surface area contributed by atoms with E-state index in [0.29, 0.717) is 65.2 Å². The van der Waals surface area contributed by atoms with E-state index >= 15 is 0 Å². The lowest BCUT2D eigenvalue weighted by atomic mass is 9.98. The molecule has 0 bridgehead atoms. The predicted molar refractivity (Wildman–Crippen MR) is 275 cm³/mol. The Balaban J connectivity index is 0.000000182. The highest BCUT2D eigenvalue weighted by Gasteiger charge is 2.35. The van der Waals surface area contributed by atoms with E-state index in [-0.39, 0.29) is 51.6 Å². The van der Waals surface area contributed by atoms with E-state index in [1.165, 1.54) is 53.8 Å². The van der Waals surface area contributed by atoms with Gasteiger partial charge in [-0.2, -0.15) is 14.7 Å². The lowest BCUT2D eigenvalue weighted by molar-refractivity contribution is 0.0600. The van der Waals surface area contributed by atoms with Crippen LogP contribution in [-0.4, -0.2) is 120 Å². The fourth-order valence-electron chi connectivity index (χ4n) is 9.93. The van der Waals surface area contributed by atoms with Crippen molar-refractivity contribution in [2.75, 3.05) is 66.2 Å². The Kier molecular flexibility index (Phi) is 15.3. The molecule has 1 aliphatic carbocycles. The average molecular weight is 1090 g/mol. The van der Waals surface area contributed by atoms with Gasteiger partial charge in [0.2, 0.25) is 20.0 Å². The number of benzene rings is 2. The number of fused-ring (bicyclic) bond motifs is 2. The summed E-state index contributed by atoms with van der Waals surface area (Å²) in [4.78, 5) is 42.6. The van der Waals surface area contributed by atoms with Crippen LogP contribution in [0.5, 0.6) is 0 Å². The highest BCUT2D eigenvalue weighted by molar-refractivity contribution is 7.92. The Labute approximate surface area is 432 Å². The van der Waals surface area contributed by atoms with Gasteiger partial charge in [-0.1, -0.05) is 59.2 Å². The second-order valence-electron chi connectivity index (χ2n) is 18.3. The van der Waals surface area contributed by atoms with Gasteiger partial charge in [-0.15, -0.1) is 0 Å². The largest absolute Gasteiger partial charge is 0.378 e. The number of nitrogens with zero attached hydrogens (tertiary/aromatic N) is 9. The van der Waals surface area contributed by atoms with Crippen molar-refractivity contribution < 1.29 is 31.2 Å². The number of hydrogen-bond acceptors (Lipinski definition) is 12. The SMILES string of the molecule is CS(=O)(=O)Nc1ccc(Cl)cc1C(=O)N1CCCC[C@H]1c1cc2nc(C3CCCC3)cc(N3CCOCC3)n2n1.CS(=O)(=O)Nc1ccc(Cl)cc1C(=O)N1CCCC[C@H]1c1cc2nc(Cl)cc(Cl)n2n1. The maximum Gasteiger partial charge on any atom is 0.256 e. The first-order valence-electron chi connectivity index (χ1n) is 23.5. The summed E-state index contributed by atoms with van der Waals surface area (Å²) >= 11 is 24.6. The Hall–Kier alpha value is -4.96. The fourth-order valence-corrected chi connectivity index (χ4v) is 11.9. The molecule has 3 aliphatic heterocycles. The number of aromatic nitrogens is 6. The van der Waals surface area contributed by atoms with Gasteiger partial charge in [-0.05, 0) is 87.8 Å². The van der Waals surface area contributed by atoms with E-state index in [1.807, 2.05) is 10.6 Å². The van der Waals surface area contributed by atoms with E-state index in [4.69, 9.17) is 61.2 Å². The van der Waals surface area contributed by atoms with Crippen LogP contribution in [0.2, 0.25) is 20.4 Å². The molecule has 18 nitrogen and oxygen atoms in total. The summed E-state index contributed by atoms with van der Waals surface area (Å²) in [5, 5.41) is 10.8. The molecule has 7 heterocycles. The molecule has 2 amide bonds. The summed E-state index contributed by atoms with van der Waals surface area (Å²) in [5.41, 5.74) is 4.60. The normalized spacial score (nSPS) is 19.2. The number of hydrogen-bond donors (Lipinski definition) is 2. The molecule has 6 aromatic rings. The molecule has 3 saturated heterocycles. The van der Waals surface area contributed by atoms with Crippen molar-refractivity contribution in [3.63, 3.8) is 0 Å². The third-order valence-electron chi connectivity index (χ3n) is 13.2. The number of amides is 2. The number of sulfonamides is 2. The molecule has 4 fully saturated rings. The van der Waals surface area contributed by atoms with Crippen molar-refractivity contribution in [3.8, 4) is 0 Å². The zero-order chi connectivity index (χ0) is 50.2. The third kappa shape index (κ3) is 11.8. The number of halogens is 4. The van der Waals surface area contributed by atoms with Gasteiger partial charge < -0.3 is 19.4 Å². The maximum absolute atomic E-state index is 14.0. The van der Waals surface area contributed by atoms with E-state index in [9.17, 15) is 26.4 Å². The molecule has 0 unspecified atom stereocenters. The van der Waals surface area contributed by atoms with Crippen LogP contribution < -0.4 is 14.3 Å². The van der Waals surface area contributed by atoms with Crippen molar-refractivity contribution in [1.82, 2.24) is 39.0 Å². The molecule has 378 valence electrons. The van der Waals surface area contributed by atoms with Crippen LogP contribution >= 0.6 is 46.4 Å². The minimum Gasteiger partial charge on any atom is -0.378 e. The predicted octanol–water partition coefficient (Wildman–Crippen LogP) is 9.04. The van der Waals surface area contributed by atoms with Crippen molar-refractivity contribution in [2.24, 2.45) is 0 Å². The topological polar surface area (TPSA) is 206 Å². The van der Waals surface area contributed by atoms with Gasteiger partial charge in [-0.25, -0.2) is 31.3 Å². The first kappa shape index (κ1) is 51.0. The second kappa shape index (κ2) is 21.2. The first-order valence-corrected chi connectivity index (χ1v) is 28.8. The molecular formula is C47H53Cl4N11O7S2. The Morgan fingerprint density at radius 1 is 0.592 bits per heavy atom. The van der Waals surface area contributed by atoms with Crippen molar-refractivity contribution in [2.45, 2.75) is 82.2 Å². The van der Waals surface area contributed by atoms with Gasteiger partial charge in [-0.3, -0.25) is 19.0 Å². The maximum atomic E-state index is 14.0. The van der Waals surface area contributed by atoms with Gasteiger partial charge in [0.15, 0.2) is 11.3 Å². The fraction of sp³-hybridized carbons (Fsp3) is 0.447. The number of piperidine rings is 2. The second-order valence-corrected chi connectivity index (χ2v) is 23.5. The summed E-state index contributed by atoms with van der Waals surface area (Å²) in [7, 11) is -7.17. The summed E-state index contributed by atoms with van der Waals surface area (Å²) in [6, 6.07) is 16.0. The standard InChI is InChI=1S/C28H35ClN6O4S.C19H18Cl3N5O3S/c1-40(37,38)32-22-10-9-20(29)16-21(22)28(36)34-11-5-4-8-25(34)24-17-26-30-23(19-6-2-3-7-19)18-27(35(26)31-24)33-12-14-39-15-13-33;1-31(29,30)25-13-6-5-11(20)8-12(13)19(28)26-7-3-2-4-15(26)14-9-18-23-16(21)10-17(22)27(18)24-14/h9-10,16-19,25,32H,2-8,11-15H2,1H3;5-6,8-10,15,25H,2-4,7H2,1H3/t25-;15-/m00/s1. The molecule has 24 heteroatoms. The van der Waals surface area contributed by atoms with Crippen LogP contribution in [0, 0.1) is 0 Å². The highest BCUT2D eigenvalue weighted by Crippen LogP contribution is 2.39. The van der Waals surface area contributed by atoms with Gasteiger partial charge in [0.1, 0.15) is 16.1 Å². The molecular weight excluding hydrogens is 1040 g/mol. The smallest absolute Gasteiger partial charge is 0.256 e. The van der Waals surface area contributed by atoms with E-state index in [2.05, 4.69) is 30.5 Å². The minimum absolute atomic E-state index is 0.174. The van der Waals surface area contributed by atoms with E-state index in [1.54, 1.807) is 21.9 Å². The quantitative estimate of drug-likeness (QED) is 0.123. The molecule has 1 saturated carbocycles. The third-order valence-corrected chi connectivity index (χ3v) is 15.3. The van der Waals surface area contributed by atoms with Crippen LogP contribution in [0.1, 0.15) is 120 Å². The van der Waals surface area contributed by atoms with Crippen molar-refractivity contribution >= 4 is 107 Å². The lowest BCUT2D eigenvalue weighted by Gasteiger charge is -2.35. The van der Waals surface area contributed by atoms with Crippen LogP contribution in [0.3, 0.4) is 0 Å². The first-order chi connectivity index (χ1) is 33.9. The number of carbonyl (C=O) groups is 2. The lowest BCUT2D eigenvalue weighted by Crippen LogP contribution is -2.39. The van der Waals surface area contributed by atoms with Crippen molar-refractivity contribution in [3.05, 3.63) is 109 Å². The minimum atomic E-state index is -3.59. The number of carbonyl (C=O) groups excluding carboxylic acids is 2. The molecule has 10 rings (SSSR count). The van der Waals surface area contributed by atoms with Gasteiger partial charge in [0, 0.05) is 72.1 Å². The number of anilines is 3. The zero-order valence-electron chi connectivity index (χ0n) is 39.0. The molecule has 0 radical (unpaired) electrons. The van der Waals surface area contributed by atoms with Crippen LogP contribution in [0.25, 0.3) is 11.3 Å². The number of nitrogens with one attached hydrogen (secondary N) is 2. The highest BCUT2D eigenvalue weighted by atomic mass is 35.5. The molecule has 2 aromatic carbocycles. The van der Waals surface area contributed by atoms with Crippen LogP contribution in [0.4, 0.5) is 17.2 Å². The Morgan fingerprint density at radius 2 is 1.08 bits per heavy atom. The molecule has 4 aliphatic rings. The number of morpholine rings is 1. The average Bonchev–Trinajstić information content (AvgIpc) is 4.13.